The first-order valence-corrected chi connectivity index (χ1v) is 18.8. The minimum absolute atomic E-state index is 0.0731. The number of benzene rings is 10. The Kier molecular flexibility index (Phi) is 4.55. The minimum Gasteiger partial charge on any atom is -0.310 e. The van der Waals surface area contributed by atoms with Crippen LogP contribution < -0.4 is 16.4 Å². The molecule has 0 bridgehead atoms. The van der Waals surface area contributed by atoms with E-state index in [2.05, 4.69) is 163 Å². The normalized spacial score (nSPS) is 13.4. The smallest absolute Gasteiger partial charge is 0.252 e. The molecule has 3 heteroatoms. The summed E-state index contributed by atoms with van der Waals surface area (Å²) in [5.41, 5.74) is 14.7. The molecule has 10 aromatic carbocycles. The summed E-state index contributed by atoms with van der Waals surface area (Å²) in [6.07, 6.45) is 0. The van der Waals surface area contributed by atoms with Crippen LogP contribution in [0.3, 0.4) is 0 Å². The molecule has 2 aliphatic rings. The molecule has 53 heavy (non-hydrogen) atoms. The first-order chi connectivity index (χ1) is 26.2. The summed E-state index contributed by atoms with van der Waals surface area (Å²) in [7, 11) is 0. The van der Waals surface area contributed by atoms with Gasteiger partial charge in [0.05, 0.1) is 22.4 Å². The highest BCUT2D eigenvalue weighted by atomic mass is 15.0. The summed E-state index contributed by atoms with van der Waals surface area (Å²) in [4.78, 5) is 0. The molecule has 12 aromatic rings. The Morgan fingerprint density at radius 2 is 0.792 bits per heavy atom. The number of fused-ring (bicyclic) bond motifs is 18. The highest BCUT2D eigenvalue weighted by molar-refractivity contribution is 7.01. The van der Waals surface area contributed by atoms with Crippen molar-refractivity contribution in [3.8, 4) is 11.4 Å². The van der Waals surface area contributed by atoms with Gasteiger partial charge in [0.1, 0.15) is 0 Å². The third kappa shape index (κ3) is 2.91. The summed E-state index contributed by atoms with van der Waals surface area (Å²) in [5.74, 6) is 0. The largest absolute Gasteiger partial charge is 0.310 e. The topological polar surface area (TPSA) is 9.86 Å². The lowest BCUT2D eigenvalue weighted by Crippen LogP contribution is -2.59. The number of nitrogens with zero attached hydrogens (tertiary/aromatic N) is 2. The fourth-order valence-electron chi connectivity index (χ4n) is 11.2. The predicted molar refractivity (Wildman–Crippen MR) is 228 cm³/mol. The van der Waals surface area contributed by atoms with Crippen molar-refractivity contribution in [2.75, 3.05) is 0 Å². The van der Waals surface area contributed by atoms with Crippen LogP contribution in [0, 0.1) is 13.8 Å². The van der Waals surface area contributed by atoms with Crippen LogP contribution >= 0.6 is 0 Å². The van der Waals surface area contributed by atoms with Gasteiger partial charge in [0, 0.05) is 48.7 Å². The Labute approximate surface area is 304 Å². The SMILES string of the molecule is Cc1ccc2c(c1)c1cccc3c4cc(C)ccc4c4c5c6c(c2c4c13)-n1c2ccccc2c2cccc(c21)B6c1cccc2c3ccccc3n-5c12. The van der Waals surface area contributed by atoms with Gasteiger partial charge >= 0.3 is 0 Å². The van der Waals surface area contributed by atoms with Crippen molar-refractivity contribution in [2.24, 2.45) is 0 Å². The van der Waals surface area contributed by atoms with Crippen LogP contribution in [0.2, 0.25) is 0 Å². The van der Waals surface area contributed by atoms with Crippen molar-refractivity contribution < 1.29 is 0 Å². The van der Waals surface area contributed by atoms with Crippen molar-refractivity contribution in [3.05, 3.63) is 151 Å². The Morgan fingerprint density at radius 3 is 1.32 bits per heavy atom. The van der Waals surface area contributed by atoms with Gasteiger partial charge in [-0.25, -0.2) is 0 Å². The summed E-state index contributed by atoms with van der Waals surface area (Å²) in [6.45, 7) is 4.55. The van der Waals surface area contributed by atoms with Gasteiger partial charge in [0.15, 0.2) is 0 Å². The van der Waals surface area contributed by atoms with E-state index in [9.17, 15) is 0 Å². The maximum absolute atomic E-state index is 2.67. The van der Waals surface area contributed by atoms with Crippen molar-refractivity contribution in [1.82, 2.24) is 9.13 Å². The number of aryl methyl sites for hydroxylation is 2. The van der Waals surface area contributed by atoms with Crippen molar-refractivity contribution in [1.29, 1.82) is 0 Å². The lowest BCUT2D eigenvalue weighted by atomic mass is 9.34. The Morgan fingerprint density at radius 1 is 0.358 bits per heavy atom. The van der Waals surface area contributed by atoms with Crippen molar-refractivity contribution in [2.45, 2.75) is 13.8 Å². The zero-order chi connectivity index (χ0) is 34.4. The van der Waals surface area contributed by atoms with Gasteiger partial charge in [-0.15, -0.1) is 0 Å². The summed E-state index contributed by atoms with van der Waals surface area (Å²) < 4.78 is 5.34. The van der Waals surface area contributed by atoms with Gasteiger partial charge in [-0.2, -0.15) is 0 Å². The molecular weight excluding hydrogens is 639 g/mol. The van der Waals surface area contributed by atoms with E-state index in [1.807, 2.05) is 0 Å². The molecular formula is C50H29BN2. The molecule has 0 fully saturated rings. The van der Waals surface area contributed by atoms with Crippen LogP contribution in [-0.2, 0) is 0 Å². The fraction of sp³-hybridized carbons (Fsp3) is 0.0400. The molecule has 0 saturated heterocycles. The molecule has 242 valence electrons. The lowest BCUT2D eigenvalue weighted by Gasteiger charge is -2.36. The molecule has 0 unspecified atom stereocenters. The van der Waals surface area contributed by atoms with E-state index in [1.165, 1.54) is 136 Å². The molecule has 4 heterocycles. The zero-order valence-electron chi connectivity index (χ0n) is 29.3. The van der Waals surface area contributed by atoms with Crippen LogP contribution in [0.4, 0.5) is 0 Å². The summed E-state index contributed by atoms with van der Waals surface area (Å²) in [5, 5.41) is 18.8. The maximum Gasteiger partial charge on any atom is 0.252 e. The molecule has 2 aromatic heterocycles. The quantitative estimate of drug-likeness (QED) is 0.0865. The van der Waals surface area contributed by atoms with Gasteiger partial charge in [-0.3, -0.25) is 0 Å². The van der Waals surface area contributed by atoms with E-state index in [4.69, 9.17) is 0 Å². The Balaban J connectivity index is 1.42. The average molecular weight is 669 g/mol. The lowest BCUT2D eigenvalue weighted by molar-refractivity contribution is 1.17. The van der Waals surface area contributed by atoms with Crippen LogP contribution in [0.5, 0.6) is 0 Å². The fourth-order valence-corrected chi connectivity index (χ4v) is 11.2. The molecule has 0 spiro atoms. The average Bonchev–Trinajstić information content (AvgIpc) is 3.71. The third-order valence-electron chi connectivity index (χ3n) is 13.1. The summed E-state index contributed by atoms with van der Waals surface area (Å²) in [6, 6.07) is 53.6. The second-order valence-corrected chi connectivity index (χ2v) is 15.7. The number of hydrogen-bond donors (Lipinski definition) is 0. The van der Waals surface area contributed by atoms with Crippen molar-refractivity contribution in [3.63, 3.8) is 0 Å². The molecule has 2 aliphatic heterocycles. The number of para-hydroxylation sites is 4. The number of aromatic nitrogens is 2. The standard InChI is InChI=1S/C50H29BN2/c1-26-20-22-32-36(24-26)30-12-7-13-31-37-25-27(2)21-23-33(37)44-45(42(30)31)43(32)49-46-50(44)53-41-19-6-4-11-29(41)35-15-9-17-39(48(35)53)51(46)38-16-8-14-34-28-10-3-5-18-40(28)52(49)47(34)38/h3-25H,1-2H3. The first-order valence-electron chi connectivity index (χ1n) is 18.8. The van der Waals surface area contributed by atoms with E-state index >= 15 is 0 Å². The van der Waals surface area contributed by atoms with Gasteiger partial charge < -0.3 is 9.13 Å². The van der Waals surface area contributed by atoms with E-state index < -0.39 is 0 Å². The second-order valence-electron chi connectivity index (χ2n) is 15.7. The third-order valence-corrected chi connectivity index (χ3v) is 13.1. The molecule has 0 radical (unpaired) electrons. The van der Waals surface area contributed by atoms with E-state index in [1.54, 1.807) is 0 Å². The monoisotopic (exact) mass is 668 g/mol. The van der Waals surface area contributed by atoms with Crippen LogP contribution in [0.1, 0.15) is 11.1 Å². The highest BCUT2D eigenvalue weighted by Gasteiger charge is 2.43. The van der Waals surface area contributed by atoms with E-state index in [-0.39, 0.29) is 6.71 Å². The van der Waals surface area contributed by atoms with Crippen LogP contribution in [0.25, 0.3) is 109 Å². The van der Waals surface area contributed by atoms with Gasteiger partial charge in [0.2, 0.25) is 0 Å². The van der Waals surface area contributed by atoms with Crippen LogP contribution in [0.15, 0.2) is 140 Å². The van der Waals surface area contributed by atoms with Gasteiger partial charge in [-0.05, 0) is 80.1 Å². The molecule has 0 N–H and O–H groups in total. The minimum atomic E-state index is 0.0731. The number of hydrogen-bond acceptors (Lipinski definition) is 0. The maximum atomic E-state index is 2.67. The highest BCUT2D eigenvalue weighted by Crippen LogP contribution is 2.51. The zero-order valence-corrected chi connectivity index (χ0v) is 29.3. The molecule has 0 aliphatic carbocycles. The van der Waals surface area contributed by atoms with E-state index in [0.717, 1.165) is 0 Å². The Hall–Kier alpha value is -6.58. The molecule has 0 amide bonds. The summed E-state index contributed by atoms with van der Waals surface area (Å²) >= 11 is 0. The molecule has 2 nitrogen and oxygen atoms in total. The predicted octanol–water partition coefficient (Wildman–Crippen LogP) is 10.8. The molecule has 14 rings (SSSR count). The Bertz CT molecular complexity index is 3470. The van der Waals surface area contributed by atoms with Gasteiger partial charge in [0.25, 0.3) is 6.71 Å². The first kappa shape index (κ1) is 27.1. The van der Waals surface area contributed by atoms with Crippen molar-refractivity contribution >= 4 is 121 Å². The molecule has 0 atom stereocenters. The van der Waals surface area contributed by atoms with E-state index in [0.29, 0.717) is 0 Å². The van der Waals surface area contributed by atoms with Gasteiger partial charge in [-0.1, -0.05) is 139 Å². The molecule has 0 saturated carbocycles. The number of rotatable bonds is 0. The second kappa shape index (κ2) is 8.89. The van der Waals surface area contributed by atoms with Crippen LogP contribution in [-0.4, -0.2) is 15.8 Å².